The standard InChI is InChI=1S/C25H30N2O6S2/c1-5-27(6-2)21-13-9-19(10-14-21)25(18-7-11-20(12-8-18)26(3)4)23-16-15-22(34(28,29)30)17-24(23)35(31,32)33/h7-9,11-12,14-17H,5-6,10,13H2,1-4H3,(H-,28,29,30,31,32,33)/p+1. The van der Waals surface area contributed by atoms with Crippen LogP contribution >= 0.6 is 0 Å². The predicted octanol–water partition coefficient (Wildman–Crippen LogP) is 3.72. The molecule has 2 aliphatic rings. The molecule has 0 aliphatic heterocycles. The van der Waals surface area contributed by atoms with Crippen molar-refractivity contribution in [2.24, 2.45) is 0 Å². The molecule has 0 spiro atoms. The van der Waals surface area contributed by atoms with Gasteiger partial charge in [-0.1, -0.05) is 18.2 Å². The van der Waals surface area contributed by atoms with Gasteiger partial charge in [0.15, 0.2) is 5.71 Å². The van der Waals surface area contributed by atoms with Gasteiger partial charge >= 0.3 is 0 Å². The van der Waals surface area contributed by atoms with Gasteiger partial charge in [-0.15, -0.1) is 0 Å². The van der Waals surface area contributed by atoms with Crippen molar-refractivity contribution in [3.63, 3.8) is 0 Å². The molecule has 2 aliphatic carbocycles. The smallest absolute Gasteiger partial charge is 0.295 e. The van der Waals surface area contributed by atoms with Crippen molar-refractivity contribution >= 4 is 31.5 Å². The van der Waals surface area contributed by atoms with E-state index in [2.05, 4.69) is 24.8 Å². The lowest BCUT2D eigenvalue weighted by atomic mass is 9.86. The zero-order valence-corrected chi connectivity index (χ0v) is 21.9. The molecule has 35 heavy (non-hydrogen) atoms. The Morgan fingerprint density at radius 2 is 1.54 bits per heavy atom. The second kappa shape index (κ2) is 10.4. The van der Waals surface area contributed by atoms with Gasteiger partial charge in [-0.3, -0.25) is 9.11 Å². The summed E-state index contributed by atoms with van der Waals surface area (Å²) in [7, 11) is -5.67. The largest absolute Gasteiger partial charge is 0.375 e. The van der Waals surface area contributed by atoms with Crippen LogP contribution < -0.4 is 0 Å². The Balaban J connectivity index is 2.25. The zero-order valence-electron chi connectivity index (χ0n) is 20.3. The van der Waals surface area contributed by atoms with E-state index < -0.39 is 30.0 Å². The van der Waals surface area contributed by atoms with Gasteiger partial charge in [0.1, 0.15) is 19.0 Å². The second-order valence-corrected chi connectivity index (χ2v) is 11.2. The van der Waals surface area contributed by atoms with E-state index in [4.69, 9.17) is 0 Å². The van der Waals surface area contributed by atoms with E-state index in [0.717, 1.165) is 36.5 Å². The van der Waals surface area contributed by atoms with Crippen LogP contribution in [0.15, 0.2) is 81.3 Å². The summed E-state index contributed by atoms with van der Waals surface area (Å²) in [5, 5.41) is 0. The molecule has 0 unspecified atom stereocenters. The Hall–Kier alpha value is -2.79. The minimum absolute atomic E-state index is 0.156. The lowest BCUT2D eigenvalue weighted by Crippen LogP contribution is -2.23. The molecule has 1 aromatic carbocycles. The molecule has 3 rings (SSSR count). The van der Waals surface area contributed by atoms with E-state index in [-0.39, 0.29) is 5.56 Å². The monoisotopic (exact) mass is 519 g/mol. The van der Waals surface area contributed by atoms with Gasteiger partial charge in [0.2, 0.25) is 0 Å². The van der Waals surface area contributed by atoms with Crippen LogP contribution in [0.5, 0.6) is 0 Å². The topological polar surface area (TPSA) is 115 Å². The summed E-state index contributed by atoms with van der Waals surface area (Å²) in [6.45, 7) is 5.92. The van der Waals surface area contributed by atoms with E-state index in [1.54, 1.807) is 0 Å². The third-order valence-electron chi connectivity index (χ3n) is 6.08. The Morgan fingerprint density at radius 1 is 0.914 bits per heavy atom. The molecule has 0 atom stereocenters. The number of hydrogen-bond donors (Lipinski definition) is 2. The van der Waals surface area contributed by atoms with Gasteiger partial charge in [0.05, 0.1) is 4.90 Å². The summed E-state index contributed by atoms with van der Waals surface area (Å²) in [6.07, 6.45) is 12.8. The van der Waals surface area contributed by atoms with Crippen molar-refractivity contribution in [2.75, 3.05) is 27.2 Å². The number of hydrogen-bond acceptors (Lipinski definition) is 5. The number of rotatable bonds is 7. The van der Waals surface area contributed by atoms with Crippen molar-refractivity contribution in [2.45, 2.75) is 36.5 Å². The summed E-state index contributed by atoms with van der Waals surface area (Å²) in [6, 6.07) is 3.23. The fraction of sp³-hybridized carbons (Fsp3) is 0.320. The average Bonchev–Trinajstić information content (AvgIpc) is 2.80. The van der Waals surface area contributed by atoms with Crippen LogP contribution in [-0.4, -0.2) is 68.3 Å². The molecule has 0 fully saturated rings. The highest BCUT2D eigenvalue weighted by atomic mass is 32.2. The van der Waals surface area contributed by atoms with Gasteiger partial charge in [-0.05, 0) is 61.3 Å². The Kier molecular flexibility index (Phi) is 8.00. The van der Waals surface area contributed by atoms with Crippen LogP contribution in [0.2, 0.25) is 0 Å². The van der Waals surface area contributed by atoms with Crippen LogP contribution in [-0.2, 0) is 20.2 Å². The SMILES string of the molecule is CCN(CC)C1=CCC(C(=C2C=CC(=[N+](C)C)C=C2)c2ccc(S(=O)(=O)O)cc2S(=O)(=O)O)=CC1. The van der Waals surface area contributed by atoms with Crippen molar-refractivity contribution in [3.8, 4) is 0 Å². The summed E-state index contributed by atoms with van der Waals surface area (Å²) >= 11 is 0. The highest BCUT2D eigenvalue weighted by Gasteiger charge is 2.26. The predicted molar refractivity (Wildman–Crippen MR) is 137 cm³/mol. The maximum absolute atomic E-state index is 12.3. The first kappa shape index (κ1) is 26.8. The molecule has 0 aromatic heterocycles. The number of benzene rings is 1. The molecule has 10 heteroatoms. The maximum Gasteiger partial charge on any atom is 0.295 e. The third kappa shape index (κ3) is 6.07. The molecule has 0 saturated carbocycles. The lowest BCUT2D eigenvalue weighted by Gasteiger charge is -2.28. The van der Waals surface area contributed by atoms with Crippen molar-refractivity contribution < 1.29 is 30.5 Å². The Morgan fingerprint density at radius 3 is 2.00 bits per heavy atom. The van der Waals surface area contributed by atoms with Crippen LogP contribution in [0, 0.1) is 0 Å². The first-order chi connectivity index (χ1) is 16.4. The van der Waals surface area contributed by atoms with Crippen LogP contribution in [0.3, 0.4) is 0 Å². The van der Waals surface area contributed by atoms with E-state index in [1.807, 2.05) is 49.1 Å². The van der Waals surface area contributed by atoms with Crippen molar-refractivity contribution in [1.29, 1.82) is 0 Å². The van der Waals surface area contributed by atoms with Crippen molar-refractivity contribution in [3.05, 3.63) is 77.1 Å². The minimum Gasteiger partial charge on any atom is -0.375 e. The van der Waals surface area contributed by atoms with Gasteiger partial charge in [-0.25, -0.2) is 4.58 Å². The molecule has 0 bridgehead atoms. The number of allylic oxidation sites excluding steroid dienone is 9. The van der Waals surface area contributed by atoms with Crippen LogP contribution in [0.4, 0.5) is 0 Å². The van der Waals surface area contributed by atoms with E-state index >= 15 is 0 Å². The highest BCUT2D eigenvalue weighted by molar-refractivity contribution is 7.86. The summed E-state index contributed by atoms with van der Waals surface area (Å²) < 4.78 is 69.4. The fourth-order valence-corrected chi connectivity index (χ4v) is 5.54. The molecule has 2 N–H and O–H groups in total. The Bertz CT molecular complexity index is 1400. The quantitative estimate of drug-likeness (QED) is 0.417. The molecule has 8 nitrogen and oxygen atoms in total. The molecule has 0 saturated heterocycles. The summed E-state index contributed by atoms with van der Waals surface area (Å²) in [4.78, 5) is 1.06. The van der Waals surface area contributed by atoms with Gasteiger partial charge in [0.25, 0.3) is 20.2 Å². The summed E-state index contributed by atoms with van der Waals surface area (Å²) in [5.41, 5.74) is 4.42. The van der Waals surface area contributed by atoms with Gasteiger partial charge in [-0.2, -0.15) is 16.8 Å². The van der Waals surface area contributed by atoms with Crippen LogP contribution in [0.1, 0.15) is 32.3 Å². The van der Waals surface area contributed by atoms with Gasteiger partial charge in [0, 0.05) is 42.9 Å². The molecular formula is C25H31N2O6S2+. The van der Waals surface area contributed by atoms with E-state index in [1.165, 1.54) is 11.8 Å². The van der Waals surface area contributed by atoms with E-state index in [9.17, 15) is 25.9 Å². The third-order valence-corrected chi connectivity index (χ3v) is 7.82. The molecule has 188 valence electrons. The molecule has 0 heterocycles. The minimum atomic E-state index is -4.82. The second-order valence-electron chi connectivity index (χ2n) is 8.43. The summed E-state index contributed by atoms with van der Waals surface area (Å²) in [5.74, 6) is 0. The maximum atomic E-state index is 12.3. The first-order valence-electron chi connectivity index (χ1n) is 11.2. The molecular weight excluding hydrogens is 488 g/mol. The van der Waals surface area contributed by atoms with E-state index in [0.29, 0.717) is 24.0 Å². The molecule has 0 radical (unpaired) electrons. The normalized spacial score (nSPS) is 16.2. The zero-order chi connectivity index (χ0) is 26.0. The molecule has 1 aromatic rings. The Labute approximate surface area is 207 Å². The van der Waals surface area contributed by atoms with Crippen LogP contribution in [0.25, 0.3) is 5.57 Å². The average molecular weight is 520 g/mol. The first-order valence-corrected chi connectivity index (χ1v) is 14.1. The lowest BCUT2D eigenvalue weighted by molar-refractivity contribution is -0.462. The van der Waals surface area contributed by atoms with Crippen molar-refractivity contribution in [1.82, 2.24) is 4.90 Å². The molecule has 0 amide bonds. The highest BCUT2D eigenvalue weighted by Crippen LogP contribution is 2.38. The van der Waals surface area contributed by atoms with Gasteiger partial charge < -0.3 is 4.90 Å². The fourth-order valence-electron chi connectivity index (χ4n) is 4.24. The number of nitrogens with zero attached hydrogens (tertiary/aromatic N) is 2.